The van der Waals surface area contributed by atoms with Gasteiger partial charge in [-0.15, -0.1) is 0 Å². The summed E-state index contributed by atoms with van der Waals surface area (Å²) >= 11 is 0. The molecule has 0 saturated heterocycles. The SMILES string of the molecule is CCCC/C=C\C/C=C\CCCCCCCC(=O)OC(COC(=O)CCCCCCCCCCC/C=C\CCCCCCCCCC)COP(=O)(O)OCC(O)CO. The highest BCUT2D eigenvalue weighted by Gasteiger charge is 2.27. The van der Waals surface area contributed by atoms with Crippen molar-refractivity contribution in [3.63, 3.8) is 0 Å². The summed E-state index contributed by atoms with van der Waals surface area (Å²) in [5.74, 6) is -0.939. The fourth-order valence-corrected chi connectivity index (χ4v) is 7.15. The molecule has 0 amide bonds. The predicted octanol–water partition coefficient (Wildman–Crippen LogP) is 12.7. The minimum atomic E-state index is -4.62. The van der Waals surface area contributed by atoms with Crippen molar-refractivity contribution >= 4 is 19.8 Å². The van der Waals surface area contributed by atoms with Gasteiger partial charge in [-0.3, -0.25) is 18.6 Å². The van der Waals surface area contributed by atoms with E-state index in [1.165, 1.54) is 109 Å². The lowest BCUT2D eigenvalue weighted by Crippen LogP contribution is -2.29. The van der Waals surface area contributed by atoms with Gasteiger partial charge in [0.2, 0.25) is 0 Å². The molecule has 0 rings (SSSR count). The second kappa shape index (κ2) is 43.3. The second-order valence-corrected chi connectivity index (χ2v) is 17.2. The maximum atomic E-state index is 12.6. The molecule has 0 aliphatic rings. The highest BCUT2D eigenvalue weighted by Crippen LogP contribution is 2.43. The minimum absolute atomic E-state index is 0.168. The monoisotopic (exact) mass is 843 g/mol. The number of hydrogen-bond acceptors (Lipinski definition) is 9. The molecule has 0 radical (unpaired) electrons. The van der Waals surface area contributed by atoms with E-state index in [-0.39, 0.29) is 19.4 Å². The zero-order valence-corrected chi connectivity index (χ0v) is 37.9. The number of rotatable bonds is 44. The second-order valence-electron chi connectivity index (χ2n) is 15.8. The van der Waals surface area contributed by atoms with Crippen LogP contribution in [-0.4, -0.2) is 65.7 Å². The molecule has 11 heteroatoms. The number of esters is 2. The van der Waals surface area contributed by atoms with Crippen LogP contribution in [-0.2, 0) is 32.7 Å². The van der Waals surface area contributed by atoms with Crippen LogP contribution in [0.1, 0.15) is 213 Å². The Morgan fingerprint density at radius 1 is 0.517 bits per heavy atom. The molecule has 0 fully saturated rings. The van der Waals surface area contributed by atoms with E-state index in [0.717, 1.165) is 64.2 Å². The first-order valence-corrected chi connectivity index (χ1v) is 24.9. The van der Waals surface area contributed by atoms with Crippen LogP contribution in [0.4, 0.5) is 0 Å². The molecule has 0 aromatic heterocycles. The molecule has 3 atom stereocenters. The predicted molar refractivity (Wildman–Crippen MR) is 238 cm³/mol. The van der Waals surface area contributed by atoms with Gasteiger partial charge in [-0.25, -0.2) is 4.57 Å². The third-order valence-corrected chi connectivity index (χ3v) is 11.0. The Balaban J connectivity index is 4.21. The summed E-state index contributed by atoms with van der Waals surface area (Å²) in [7, 11) is -4.62. The summed E-state index contributed by atoms with van der Waals surface area (Å²) in [5, 5.41) is 18.3. The van der Waals surface area contributed by atoms with Crippen molar-refractivity contribution in [1.82, 2.24) is 0 Å². The van der Waals surface area contributed by atoms with Crippen LogP contribution in [0.25, 0.3) is 0 Å². The lowest BCUT2D eigenvalue weighted by Gasteiger charge is -2.20. The van der Waals surface area contributed by atoms with Crippen molar-refractivity contribution in [3.8, 4) is 0 Å². The smallest absolute Gasteiger partial charge is 0.462 e. The maximum absolute atomic E-state index is 12.6. The summed E-state index contributed by atoms with van der Waals surface area (Å²) in [6, 6.07) is 0. The highest BCUT2D eigenvalue weighted by molar-refractivity contribution is 7.47. The quantitative estimate of drug-likeness (QED) is 0.0234. The number of carbonyl (C=O) groups is 2. The molecule has 0 bridgehead atoms. The zero-order valence-electron chi connectivity index (χ0n) is 37.0. The van der Waals surface area contributed by atoms with E-state index < -0.39 is 51.8 Å². The van der Waals surface area contributed by atoms with Gasteiger partial charge in [0.25, 0.3) is 0 Å². The molecule has 0 aliphatic carbocycles. The van der Waals surface area contributed by atoms with Gasteiger partial charge in [-0.05, 0) is 64.2 Å². The van der Waals surface area contributed by atoms with Gasteiger partial charge in [0, 0.05) is 12.8 Å². The summed E-state index contributed by atoms with van der Waals surface area (Å²) in [4.78, 5) is 35.0. The molecular formula is C47H87O10P. The fraction of sp³-hybridized carbons (Fsp3) is 0.830. The van der Waals surface area contributed by atoms with Crippen LogP contribution in [0.15, 0.2) is 36.5 Å². The van der Waals surface area contributed by atoms with Crippen molar-refractivity contribution < 1.29 is 47.8 Å². The van der Waals surface area contributed by atoms with Crippen molar-refractivity contribution in [3.05, 3.63) is 36.5 Å². The topological polar surface area (TPSA) is 149 Å². The van der Waals surface area contributed by atoms with E-state index in [0.29, 0.717) is 12.8 Å². The Morgan fingerprint density at radius 2 is 0.914 bits per heavy atom. The molecule has 10 nitrogen and oxygen atoms in total. The van der Waals surface area contributed by atoms with E-state index in [9.17, 15) is 24.2 Å². The minimum Gasteiger partial charge on any atom is -0.462 e. The number of aliphatic hydroxyl groups is 2. The van der Waals surface area contributed by atoms with Crippen LogP contribution in [0.2, 0.25) is 0 Å². The average Bonchev–Trinajstić information content (AvgIpc) is 3.21. The van der Waals surface area contributed by atoms with Crippen LogP contribution in [0.5, 0.6) is 0 Å². The number of hydrogen-bond donors (Lipinski definition) is 3. The molecule has 0 spiro atoms. The number of phosphoric ester groups is 1. The standard InChI is InChI=1S/C47H87O10P/c1-3-5-7-9-11-13-15-17-19-20-21-22-23-24-25-27-28-30-32-34-36-38-46(50)54-42-45(43-56-58(52,53)55-41-44(49)40-48)57-47(51)39-37-35-33-31-29-26-18-16-14-12-10-8-6-4-2/h10,12,16,18,20-21,44-45,48-49H,3-9,11,13-15,17,19,22-43H2,1-2H3,(H,52,53)/b12-10-,18-16-,21-20-. The van der Waals surface area contributed by atoms with Crippen molar-refractivity contribution in [1.29, 1.82) is 0 Å². The number of aliphatic hydroxyl groups excluding tert-OH is 2. The molecule has 0 heterocycles. The highest BCUT2D eigenvalue weighted by atomic mass is 31.2. The van der Waals surface area contributed by atoms with Gasteiger partial charge in [-0.2, -0.15) is 0 Å². The summed E-state index contributed by atoms with van der Waals surface area (Å²) < 4.78 is 32.7. The van der Waals surface area contributed by atoms with Crippen LogP contribution < -0.4 is 0 Å². The van der Waals surface area contributed by atoms with Gasteiger partial charge in [0.1, 0.15) is 12.7 Å². The number of unbranched alkanes of at least 4 members (excludes halogenated alkanes) is 24. The molecule has 3 unspecified atom stereocenters. The Morgan fingerprint density at radius 3 is 1.40 bits per heavy atom. The van der Waals surface area contributed by atoms with E-state index in [1.807, 2.05) is 0 Å². The number of carbonyl (C=O) groups excluding carboxylic acids is 2. The molecule has 0 aliphatic heterocycles. The van der Waals surface area contributed by atoms with Gasteiger partial charge in [-0.1, -0.05) is 172 Å². The van der Waals surface area contributed by atoms with E-state index in [4.69, 9.17) is 23.6 Å². The fourth-order valence-electron chi connectivity index (χ4n) is 6.36. The maximum Gasteiger partial charge on any atom is 0.472 e. The molecule has 340 valence electrons. The number of allylic oxidation sites excluding steroid dienone is 6. The lowest BCUT2D eigenvalue weighted by molar-refractivity contribution is -0.161. The summed E-state index contributed by atoms with van der Waals surface area (Å²) in [6.45, 7) is 2.34. The molecule has 3 N–H and O–H groups in total. The van der Waals surface area contributed by atoms with Crippen molar-refractivity contribution in [2.75, 3.05) is 26.4 Å². The first-order chi connectivity index (χ1) is 28.2. The van der Waals surface area contributed by atoms with Gasteiger partial charge in [0.05, 0.1) is 19.8 Å². The van der Waals surface area contributed by atoms with Crippen LogP contribution >= 0.6 is 7.82 Å². The largest absolute Gasteiger partial charge is 0.472 e. The van der Waals surface area contributed by atoms with Gasteiger partial charge >= 0.3 is 19.8 Å². The Labute approximate surface area is 354 Å². The summed E-state index contributed by atoms with van der Waals surface area (Å²) in [6.07, 6.45) is 45.4. The Bertz CT molecular complexity index is 1060. The van der Waals surface area contributed by atoms with Crippen LogP contribution in [0, 0.1) is 0 Å². The first-order valence-electron chi connectivity index (χ1n) is 23.4. The van der Waals surface area contributed by atoms with Gasteiger partial charge in [0.15, 0.2) is 6.10 Å². The van der Waals surface area contributed by atoms with Crippen LogP contribution in [0.3, 0.4) is 0 Å². The Kier molecular flexibility index (Phi) is 41.9. The molecule has 58 heavy (non-hydrogen) atoms. The molecule has 0 aromatic rings. The number of phosphoric acid groups is 1. The average molecular weight is 843 g/mol. The summed E-state index contributed by atoms with van der Waals surface area (Å²) in [5.41, 5.74) is 0. The number of ether oxygens (including phenoxy) is 2. The molecule has 0 aromatic carbocycles. The molecule has 0 saturated carbocycles. The normalized spacial score (nSPS) is 14.1. The van der Waals surface area contributed by atoms with Crippen molar-refractivity contribution in [2.24, 2.45) is 0 Å². The zero-order chi connectivity index (χ0) is 42.6. The van der Waals surface area contributed by atoms with Crippen molar-refractivity contribution in [2.45, 2.75) is 225 Å². The van der Waals surface area contributed by atoms with E-state index in [1.54, 1.807) is 0 Å². The van der Waals surface area contributed by atoms with Gasteiger partial charge < -0.3 is 24.6 Å². The lowest BCUT2D eigenvalue weighted by atomic mass is 10.1. The van der Waals surface area contributed by atoms with E-state index in [2.05, 4.69) is 50.3 Å². The van der Waals surface area contributed by atoms with E-state index >= 15 is 0 Å². The third kappa shape index (κ3) is 42.3. The third-order valence-electron chi connectivity index (χ3n) is 10.0. The Hall–Kier alpha value is -1.81. The first kappa shape index (κ1) is 56.2. The molecular weight excluding hydrogens is 755 g/mol.